The van der Waals surface area contributed by atoms with Gasteiger partial charge in [0.05, 0.1) is 11.4 Å². The first-order chi connectivity index (χ1) is 10.3. The zero-order valence-electron chi connectivity index (χ0n) is 11.7. The molecule has 0 saturated heterocycles. The fourth-order valence-corrected chi connectivity index (χ4v) is 1.64. The molecular weight excluding hydrogens is 258 g/mol. The van der Waals surface area contributed by atoms with E-state index in [9.17, 15) is 0 Å². The van der Waals surface area contributed by atoms with Crippen LogP contribution in [0, 0.1) is 0 Å². The zero-order chi connectivity index (χ0) is 14.8. The zero-order valence-corrected chi connectivity index (χ0v) is 11.7. The Morgan fingerprint density at radius 1 is 0.524 bits per heavy atom. The highest BCUT2D eigenvalue weighted by Crippen LogP contribution is 2.08. The minimum atomic E-state index is 0. The summed E-state index contributed by atoms with van der Waals surface area (Å²) >= 11 is 0. The van der Waals surface area contributed by atoms with E-state index in [-0.39, 0.29) is 2.85 Å². The molecule has 0 aromatic heterocycles. The highest BCUT2D eigenvalue weighted by molar-refractivity contribution is 5.51. The number of benzene rings is 3. The van der Waals surface area contributed by atoms with Crippen LogP contribution in [-0.4, -0.2) is 0 Å². The Balaban J connectivity index is 0.000000463. The van der Waals surface area contributed by atoms with E-state index < -0.39 is 0 Å². The molecule has 0 fully saturated rings. The quantitative estimate of drug-likeness (QED) is 0.473. The number of hydrogen-bond acceptors (Lipinski definition) is 3. The third kappa shape index (κ3) is 5.70. The number of nitrogens with one attached hydrogen (secondary N) is 2. The lowest BCUT2D eigenvalue weighted by atomic mass is 10.3. The van der Waals surface area contributed by atoms with Gasteiger partial charge in [-0.2, -0.15) is 0 Å². The van der Waals surface area contributed by atoms with E-state index in [2.05, 4.69) is 10.9 Å². The lowest BCUT2D eigenvalue weighted by molar-refractivity contribution is 1.41. The van der Waals surface area contributed by atoms with Gasteiger partial charge in [0, 0.05) is 8.54 Å². The number of para-hydroxylation sites is 3. The van der Waals surface area contributed by atoms with Gasteiger partial charge in [-0.3, -0.25) is 0 Å². The Morgan fingerprint density at radius 2 is 0.857 bits per heavy atom. The SMILES string of the molecule is Nc1ccccc1.[HH].[HH].c1ccc(NNc2ccccc2)cc1. The summed E-state index contributed by atoms with van der Waals surface area (Å²) in [4.78, 5) is 0. The van der Waals surface area contributed by atoms with Crippen LogP contribution in [-0.2, 0) is 0 Å². The van der Waals surface area contributed by atoms with Gasteiger partial charge >= 0.3 is 0 Å². The minimum absolute atomic E-state index is 0. The molecule has 4 N–H and O–H groups in total. The first kappa shape index (κ1) is 14.5. The van der Waals surface area contributed by atoms with Crippen LogP contribution in [0.2, 0.25) is 0 Å². The second-order valence-corrected chi connectivity index (χ2v) is 4.39. The number of nitrogen functional groups attached to an aromatic ring is 1. The smallest absolute Gasteiger partial charge is 0.0539 e. The van der Waals surface area contributed by atoms with Crippen molar-refractivity contribution in [2.24, 2.45) is 0 Å². The molecule has 0 heterocycles. The minimum Gasteiger partial charge on any atom is -0.399 e. The monoisotopic (exact) mass is 281 g/mol. The lowest BCUT2D eigenvalue weighted by Crippen LogP contribution is -2.07. The molecule has 3 heteroatoms. The summed E-state index contributed by atoms with van der Waals surface area (Å²) in [6.07, 6.45) is 0. The van der Waals surface area contributed by atoms with Gasteiger partial charge in [0.15, 0.2) is 0 Å². The maximum Gasteiger partial charge on any atom is 0.0539 e. The predicted molar refractivity (Wildman–Crippen MR) is 95.2 cm³/mol. The Hall–Kier alpha value is -2.94. The second-order valence-electron chi connectivity index (χ2n) is 4.39. The average molecular weight is 281 g/mol. The summed E-state index contributed by atoms with van der Waals surface area (Å²) in [6, 6.07) is 29.5. The first-order valence-corrected chi connectivity index (χ1v) is 6.77. The molecule has 0 amide bonds. The Morgan fingerprint density at radius 3 is 1.14 bits per heavy atom. The van der Waals surface area contributed by atoms with Gasteiger partial charge < -0.3 is 16.6 Å². The van der Waals surface area contributed by atoms with Crippen molar-refractivity contribution in [3.63, 3.8) is 0 Å². The Kier molecular flexibility index (Phi) is 5.70. The van der Waals surface area contributed by atoms with Crippen molar-refractivity contribution in [3.05, 3.63) is 91.0 Å². The summed E-state index contributed by atoms with van der Waals surface area (Å²) < 4.78 is 0. The van der Waals surface area contributed by atoms with Crippen LogP contribution in [0.5, 0.6) is 0 Å². The van der Waals surface area contributed by atoms with Crippen molar-refractivity contribution in [1.29, 1.82) is 0 Å². The number of rotatable bonds is 3. The third-order valence-electron chi connectivity index (χ3n) is 2.70. The molecule has 3 nitrogen and oxygen atoms in total. The van der Waals surface area contributed by atoms with E-state index >= 15 is 0 Å². The summed E-state index contributed by atoms with van der Waals surface area (Å²) in [5.74, 6) is 0. The van der Waals surface area contributed by atoms with Crippen LogP contribution < -0.4 is 16.6 Å². The van der Waals surface area contributed by atoms with Crippen LogP contribution in [0.4, 0.5) is 17.1 Å². The number of anilines is 3. The summed E-state index contributed by atoms with van der Waals surface area (Å²) in [6.45, 7) is 0. The molecule has 0 saturated carbocycles. The molecule has 0 aliphatic rings. The van der Waals surface area contributed by atoms with Gasteiger partial charge in [0.25, 0.3) is 0 Å². The molecule has 0 atom stereocenters. The van der Waals surface area contributed by atoms with Crippen LogP contribution >= 0.6 is 0 Å². The fourth-order valence-electron chi connectivity index (χ4n) is 1.64. The topological polar surface area (TPSA) is 50.1 Å². The predicted octanol–water partition coefficient (Wildman–Crippen LogP) is 4.89. The van der Waals surface area contributed by atoms with Gasteiger partial charge in [-0.15, -0.1) is 0 Å². The molecule has 0 bridgehead atoms. The lowest BCUT2D eigenvalue weighted by Gasteiger charge is -2.08. The molecule has 110 valence electrons. The van der Waals surface area contributed by atoms with Gasteiger partial charge in [-0.05, 0) is 36.4 Å². The first-order valence-electron chi connectivity index (χ1n) is 6.77. The maximum atomic E-state index is 5.36. The molecular formula is C18H23N3. The van der Waals surface area contributed by atoms with E-state index in [1.54, 1.807) is 0 Å². The van der Waals surface area contributed by atoms with Crippen molar-refractivity contribution in [3.8, 4) is 0 Å². The third-order valence-corrected chi connectivity index (χ3v) is 2.70. The Bertz CT molecular complexity index is 580. The van der Waals surface area contributed by atoms with Gasteiger partial charge in [-0.1, -0.05) is 54.6 Å². The molecule has 0 spiro atoms. The normalized spacial score (nSPS) is 9.14. The fraction of sp³-hybridized carbons (Fsp3) is 0. The van der Waals surface area contributed by atoms with E-state index in [1.165, 1.54) is 0 Å². The van der Waals surface area contributed by atoms with Crippen LogP contribution in [0.25, 0.3) is 0 Å². The molecule has 3 aromatic rings. The van der Waals surface area contributed by atoms with Crippen molar-refractivity contribution >= 4 is 17.1 Å². The summed E-state index contributed by atoms with van der Waals surface area (Å²) in [5.41, 5.74) is 14.5. The van der Waals surface area contributed by atoms with Crippen LogP contribution in [0.1, 0.15) is 2.85 Å². The number of hydrogen-bond donors (Lipinski definition) is 3. The molecule has 0 radical (unpaired) electrons. The number of hydrazine groups is 1. The van der Waals surface area contributed by atoms with E-state index in [4.69, 9.17) is 5.73 Å². The van der Waals surface area contributed by atoms with E-state index in [0.29, 0.717) is 0 Å². The Labute approximate surface area is 128 Å². The van der Waals surface area contributed by atoms with Gasteiger partial charge in [0.2, 0.25) is 0 Å². The van der Waals surface area contributed by atoms with Crippen LogP contribution in [0.3, 0.4) is 0 Å². The van der Waals surface area contributed by atoms with E-state index in [1.807, 2.05) is 91.0 Å². The standard InChI is InChI=1S/C12H12N2.C6H7N.2H2/c1-3-7-11(8-4-1)13-14-12-9-5-2-6-10-12;7-6-4-2-1-3-5-6;;/h1-10,13-14H;1-5H,7H2;2*1H. The summed E-state index contributed by atoms with van der Waals surface area (Å²) in [5, 5.41) is 0. The highest BCUT2D eigenvalue weighted by atomic mass is 15.4. The average Bonchev–Trinajstić information content (AvgIpc) is 2.56. The molecule has 3 rings (SSSR count). The van der Waals surface area contributed by atoms with Crippen molar-refractivity contribution in [2.75, 3.05) is 16.6 Å². The van der Waals surface area contributed by atoms with E-state index in [0.717, 1.165) is 17.1 Å². The summed E-state index contributed by atoms with van der Waals surface area (Å²) in [7, 11) is 0. The van der Waals surface area contributed by atoms with Crippen molar-refractivity contribution in [1.82, 2.24) is 0 Å². The van der Waals surface area contributed by atoms with Crippen molar-refractivity contribution in [2.45, 2.75) is 0 Å². The molecule has 0 aliphatic carbocycles. The molecule has 0 unspecified atom stereocenters. The largest absolute Gasteiger partial charge is 0.399 e. The number of nitrogens with two attached hydrogens (primary N) is 1. The van der Waals surface area contributed by atoms with Gasteiger partial charge in [0.1, 0.15) is 0 Å². The highest BCUT2D eigenvalue weighted by Gasteiger charge is 1.88. The molecule has 3 aromatic carbocycles. The molecule has 21 heavy (non-hydrogen) atoms. The molecule has 0 aliphatic heterocycles. The van der Waals surface area contributed by atoms with Crippen LogP contribution in [0.15, 0.2) is 91.0 Å². The second kappa shape index (κ2) is 8.27. The maximum absolute atomic E-state index is 5.36. The van der Waals surface area contributed by atoms with Crippen molar-refractivity contribution < 1.29 is 2.85 Å². The van der Waals surface area contributed by atoms with Gasteiger partial charge in [-0.25, -0.2) is 0 Å².